The first-order valence-electron chi connectivity index (χ1n) is 4.63. The Balaban J connectivity index is 0.000000671. The van der Waals surface area contributed by atoms with E-state index < -0.39 is 0 Å². The lowest BCUT2D eigenvalue weighted by atomic mass is 10.1. The third-order valence-electron chi connectivity index (χ3n) is 1.88. The van der Waals surface area contributed by atoms with Crippen LogP contribution in [0.1, 0.15) is 30.5 Å². The van der Waals surface area contributed by atoms with Crippen molar-refractivity contribution in [3.05, 3.63) is 41.5 Å². The van der Waals surface area contributed by atoms with Gasteiger partial charge in [-0.1, -0.05) is 32.6 Å². The van der Waals surface area contributed by atoms with Crippen molar-refractivity contribution in [3.63, 3.8) is 0 Å². The van der Waals surface area contributed by atoms with Crippen LogP contribution < -0.4 is 5.73 Å². The van der Waals surface area contributed by atoms with Gasteiger partial charge in [-0.05, 0) is 36.6 Å². The molecule has 0 saturated carbocycles. The van der Waals surface area contributed by atoms with Crippen LogP contribution in [0.4, 0.5) is 0 Å². The molecule has 0 fully saturated rings. The van der Waals surface area contributed by atoms with Gasteiger partial charge in [0.25, 0.3) is 0 Å². The average Bonchev–Trinajstić information content (AvgIpc) is 2.13. The molecule has 0 radical (unpaired) electrons. The van der Waals surface area contributed by atoms with Crippen LogP contribution >= 0.6 is 0 Å². The lowest BCUT2D eigenvalue weighted by molar-refractivity contribution is 1.32. The standard InChI is InChI=1S/C10H13N.C2H6/c1-7-4-5-10(9(3)11)6-8(7)2;1-2/h4-6H,3,11H2,1-2H3;1-2H3. The number of nitrogens with two attached hydrogens (primary N) is 1. The SMILES string of the molecule is C=C(N)c1ccc(C)c(C)c1.CC. The summed E-state index contributed by atoms with van der Waals surface area (Å²) in [5, 5.41) is 0. The first kappa shape index (κ1) is 11.8. The molecule has 0 aliphatic carbocycles. The van der Waals surface area contributed by atoms with Crippen molar-refractivity contribution in [1.29, 1.82) is 0 Å². The van der Waals surface area contributed by atoms with Gasteiger partial charge in [0.2, 0.25) is 0 Å². The molecule has 0 spiro atoms. The summed E-state index contributed by atoms with van der Waals surface area (Å²) in [5.41, 5.74) is 9.74. The molecule has 0 unspecified atom stereocenters. The number of benzene rings is 1. The summed E-state index contributed by atoms with van der Waals surface area (Å²) in [7, 11) is 0. The summed E-state index contributed by atoms with van der Waals surface area (Å²) in [6.07, 6.45) is 0. The van der Waals surface area contributed by atoms with Crippen LogP contribution in [0.25, 0.3) is 5.70 Å². The van der Waals surface area contributed by atoms with Crippen LogP contribution in [0.2, 0.25) is 0 Å². The number of hydrogen-bond acceptors (Lipinski definition) is 1. The predicted octanol–water partition coefficient (Wildman–Crippen LogP) is 3.26. The van der Waals surface area contributed by atoms with Crippen LogP contribution in [-0.4, -0.2) is 0 Å². The van der Waals surface area contributed by atoms with Gasteiger partial charge in [-0.15, -0.1) is 0 Å². The summed E-state index contributed by atoms with van der Waals surface area (Å²) in [6, 6.07) is 6.10. The fourth-order valence-corrected chi connectivity index (χ4v) is 0.941. The van der Waals surface area contributed by atoms with Crippen LogP contribution in [0.3, 0.4) is 0 Å². The highest BCUT2D eigenvalue weighted by molar-refractivity contribution is 5.61. The first-order valence-corrected chi connectivity index (χ1v) is 4.63. The Morgan fingerprint density at radius 2 is 1.69 bits per heavy atom. The van der Waals surface area contributed by atoms with E-state index in [2.05, 4.69) is 32.6 Å². The van der Waals surface area contributed by atoms with Crippen molar-refractivity contribution in [2.75, 3.05) is 0 Å². The lowest BCUT2D eigenvalue weighted by Gasteiger charge is -2.03. The minimum absolute atomic E-state index is 0.633. The Morgan fingerprint density at radius 3 is 2.08 bits per heavy atom. The predicted molar refractivity (Wildman–Crippen MR) is 60.5 cm³/mol. The topological polar surface area (TPSA) is 26.0 Å². The molecule has 0 heterocycles. The Morgan fingerprint density at radius 1 is 1.15 bits per heavy atom. The number of hydrogen-bond donors (Lipinski definition) is 1. The Hall–Kier alpha value is -1.24. The maximum absolute atomic E-state index is 5.54. The van der Waals surface area contributed by atoms with E-state index in [9.17, 15) is 0 Å². The summed E-state index contributed by atoms with van der Waals surface area (Å²) in [5.74, 6) is 0. The van der Waals surface area contributed by atoms with E-state index in [1.807, 2.05) is 19.9 Å². The van der Waals surface area contributed by atoms with E-state index >= 15 is 0 Å². The zero-order chi connectivity index (χ0) is 10.4. The van der Waals surface area contributed by atoms with Gasteiger partial charge in [-0.25, -0.2) is 0 Å². The van der Waals surface area contributed by atoms with Gasteiger partial charge >= 0.3 is 0 Å². The Bertz CT molecular complexity index is 287. The van der Waals surface area contributed by atoms with Crippen LogP contribution in [-0.2, 0) is 0 Å². The van der Waals surface area contributed by atoms with Gasteiger partial charge in [0, 0.05) is 5.70 Å². The normalized spacial score (nSPS) is 8.62. The Kier molecular flexibility index (Phi) is 4.90. The summed E-state index contributed by atoms with van der Waals surface area (Å²) < 4.78 is 0. The highest BCUT2D eigenvalue weighted by Gasteiger charge is 1.95. The van der Waals surface area contributed by atoms with E-state index in [1.165, 1.54) is 11.1 Å². The quantitative estimate of drug-likeness (QED) is 0.700. The summed E-state index contributed by atoms with van der Waals surface area (Å²) in [4.78, 5) is 0. The van der Waals surface area contributed by atoms with E-state index in [0.717, 1.165) is 5.56 Å². The monoisotopic (exact) mass is 177 g/mol. The van der Waals surface area contributed by atoms with Crippen molar-refractivity contribution >= 4 is 5.70 Å². The van der Waals surface area contributed by atoms with Gasteiger partial charge in [0.15, 0.2) is 0 Å². The van der Waals surface area contributed by atoms with Crippen LogP contribution in [0.15, 0.2) is 24.8 Å². The van der Waals surface area contributed by atoms with Gasteiger partial charge in [0.05, 0.1) is 0 Å². The second-order valence-electron chi connectivity index (χ2n) is 2.82. The van der Waals surface area contributed by atoms with Gasteiger partial charge in [-0.2, -0.15) is 0 Å². The molecular formula is C12H19N. The first-order chi connectivity index (χ1) is 6.11. The molecule has 1 aromatic carbocycles. The summed E-state index contributed by atoms with van der Waals surface area (Å²) >= 11 is 0. The third kappa shape index (κ3) is 3.32. The minimum Gasteiger partial charge on any atom is -0.399 e. The molecule has 0 saturated heterocycles. The number of rotatable bonds is 1. The van der Waals surface area contributed by atoms with Gasteiger partial charge in [0.1, 0.15) is 0 Å². The maximum atomic E-state index is 5.54. The highest BCUT2D eigenvalue weighted by atomic mass is 14.6. The molecule has 1 heteroatoms. The molecule has 72 valence electrons. The molecule has 2 N–H and O–H groups in total. The molecule has 0 aliphatic heterocycles. The van der Waals surface area contributed by atoms with Crippen molar-refractivity contribution in [2.45, 2.75) is 27.7 Å². The van der Waals surface area contributed by atoms with Gasteiger partial charge < -0.3 is 5.73 Å². The molecule has 0 bridgehead atoms. The smallest absolute Gasteiger partial charge is 0.0314 e. The fourth-order valence-electron chi connectivity index (χ4n) is 0.941. The Labute approximate surface area is 81.3 Å². The highest BCUT2D eigenvalue weighted by Crippen LogP contribution is 2.12. The van der Waals surface area contributed by atoms with E-state index in [0.29, 0.717) is 5.70 Å². The maximum Gasteiger partial charge on any atom is 0.0314 e. The molecular weight excluding hydrogens is 158 g/mol. The van der Waals surface area contributed by atoms with Crippen molar-refractivity contribution in [3.8, 4) is 0 Å². The fraction of sp³-hybridized carbons (Fsp3) is 0.333. The second-order valence-corrected chi connectivity index (χ2v) is 2.82. The minimum atomic E-state index is 0.633. The van der Waals surface area contributed by atoms with E-state index in [-0.39, 0.29) is 0 Å². The molecule has 1 nitrogen and oxygen atoms in total. The average molecular weight is 177 g/mol. The molecule has 0 amide bonds. The summed E-state index contributed by atoms with van der Waals surface area (Å²) in [6.45, 7) is 11.8. The number of aryl methyl sites for hydroxylation is 2. The van der Waals surface area contributed by atoms with Crippen LogP contribution in [0.5, 0.6) is 0 Å². The lowest BCUT2D eigenvalue weighted by Crippen LogP contribution is -1.94. The molecule has 1 aromatic rings. The van der Waals surface area contributed by atoms with Crippen molar-refractivity contribution < 1.29 is 0 Å². The van der Waals surface area contributed by atoms with Crippen LogP contribution in [0, 0.1) is 13.8 Å². The largest absolute Gasteiger partial charge is 0.399 e. The zero-order valence-electron chi connectivity index (χ0n) is 9.02. The van der Waals surface area contributed by atoms with Crippen molar-refractivity contribution in [2.24, 2.45) is 5.73 Å². The molecule has 0 aromatic heterocycles. The molecule has 1 rings (SSSR count). The molecule has 0 aliphatic rings. The van der Waals surface area contributed by atoms with E-state index in [1.54, 1.807) is 0 Å². The zero-order valence-corrected chi connectivity index (χ0v) is 9.02. The third-order valence-corrected chi connectivity index (χ3v) is 1.88. The second kappa shape index (κ2) is 5.41. The molecule has 13 heavy (non-hydrogen) atoms. The van der Waals surface area contributed by atoms with Gasteiger partial charge in [-0.3, -0.25) is 0 Å². The van der Waals surface area contributed by atoms with Crippen molar-refractivity contribution in [1.82, 2.24) is 0 Å². The molecule has 0 atom stereocenters. The van der Waals surface area contributed by atoms with E-state index in [4.69, 9.17) is 5.73 Å².